The normalized spacial score (nSPS) is 19.7. The Kier molecular flexibility index (Phi) is 12.9. The average molecular weight is 782 g/mol. The van der Waals surface area contributed by atoms with Gasteiger partial charge in [-0.3, -0.25) is 13.6 Å². The summed E-state index contributed by atoms with van der Waals surface area (Å²) in [5.74, 6) is 0. The standard InChI is InChI=1S/C15H27Br6O4P/c1-13(2,19)10(16)7-23-26(22,24-8-11(17)14(3,4)20)25-9-12(18)15(5,6)21/h10-12H,7-9H2,1-6H3. The van der Waals surface area contributed by atoms with Crippen LogP contribution < -0.4 is 0 Å². The van der Waals surface area contributed by atoms with Crippen LogP contribution in [0.2, 0.25) is 0 Å². The first kappa shape index (κ1) is 29.0. The quantitative estimate of drug-likeness (QED) is 0.149. The molecule has 158 valence electrons. The Labute approximate surface area is 208 Å². The fraction of sp³-hybridized carbons (Fsp3) is 1.00. The van der Waals surface area contributed by atoms with Crippen molar-refractivity contribution in [2.45, 2.75) is 69.0 Å². The summed E-state index contributed by atoms with van der Waals surface area (Å²) < 4.78 is 29.3. The summed E-state index contributed by atoms with van der Waals surface area (Å²) in [6.45, 7) is 12.5. The predicted octanol–water partition coefficient (Wildman–Crippen LogP) is 7.96. The van der Waals surface area contributed by atoms with Crippen LogP contribution in [0.4, 0.5) is 0 Å². The molecule has 3 atom stereocenters. The molecule has 0 aliphatic rings. The highest BCUT2D eigenvalue weighted by Crippen LogP contribution is 2.52. The summed E-state index contributed by atoms with van der Waals surface area (Å²) >= 11 is 21.3. The number of hydrogen-bond acceptors (Lipinski definition) is 4. The van der Waals surface area contributed by atoms with Gasteiger partial charge < -0.3 is 0 Å². The molecule has 0 aliphatic carbocycles. The summed E-state index contributed by atoms with van der Waals surface area (Å²) in [6, 6.07) is 0. The Morgan fingerprint density at radius 1 is 0.654 bits per heavy atom. The molecule has 0 aromatic rings. The van der Waals surface area contributed by atoms with Crippen molar-refractivity contribution in [3.05, 3.63) is 0 Å². The van der Waals surface area contributed by atoms with Crippen LogP contribution >= 0.6 is 103 Å². The second kappa shape index (κ2) is 11.6. The molecule has 0 saturated heterocycles. The zero-order valence-corrected chi connectivity index (χ0v) is 26.1. The molecular weight excluding hydrogens is 755 g/mol. The van der Waals surface area contributed by atoms with Gasteiger partial charge in [-0.2, -0.15) is 0 Å². The van der Waals surface area contributed by atoms with Gasteiger partial charge in [0, 0.05) is 13.0 Å². The number of rotatable bonds is 12. The average Bonchev–Trinajstić information content (AvgIpc) is 2.45. The topological polar surface area (TPSA) is 44.8 Å². The third-order valence-corrected chi connectivity index (χ3v) is 12.5. The Bertz CT molecular complexity index is 406. The van der Waals surface area contributed by atoms with Crippen LogP contribution in [0.1, 0.15) is 41.5 Å². The molecule has 3 unspecified atom stereocenters. The van der Waals surface area contributed by atoms with Gasteiger partial charge in [0.1, 0.15) is 0 Å². The van der Waals surface area contributed by atoms with Gasteiger partial charge in [0.2, 0.25) is 0 Å². The molecule has 0 amide bonds. The molecule has 0 rings (SSSR count). The second-order valence-electron chi connectivity index (χ2n) is 7.43. The minimum Gasteiger partial charge on any atom is -0.286 e. The number of phosphoric acid groups is 1. The predicted molar refractivity (Wildman–Crippen MR) is 133 cm³/mol. The minimum absolute atomic E-state index is 0.0738. The second-order valence-corrected chi connectivity index (χ2v) is 18.5. The van der Waals surface area contributed by atoms with Crippen molar-refractivity contribution in [1.82, 2.24) is 0 Å². The third-order valence-electron chi connectivity index (χ3n) is 3.37. The number of phosphoric ester groups is 1. The van der Waals surface area contributed by atoms with E-state index in [-0.39, 0.29) is 47.3 Å². The Morgan fingerprint density at radius 2 is 0.846 bits per heavy atom. The molecule has 0 heterocycles. The first-order chi connectivity index (χ1) is 11.4. The van der Waals surface area contributed by atoms with Gasteiger partial charge in [0.05, 0.1) is 34.3 Å². The first-order valence-electron chi connectivity index (χ1n) is 7.91. The van der Waals surface area contributed by atoms with E-state index in [1.165, 1.54) is 0 Å². The molecule has 0 radical (unpaired) electrons. The molecule has 0 aliphatic heterocycles. The molecule has 0 fully saturated rings. The Hall–Kier alpha value is 2.99. The van der Waals surface area contributed by atoms with E-state index >= 15 is 0 Å². The van der Waals surface area contributed by atoms with Crippen LogP contribution in [0, 0.1) is 0 Å². The van der Waals surface area contributed by atoms with Crippen molar-refractivity contribution >= 4 is 103 Å². The lowest BCUT2D eigenvalue weighted by molar-refractivity contribution is 0.111. The number of hydrogen-bond donors (Lipinski definition) is 0. The van der Waals surface area contributed by atoms with Crippen LogP contribution in [-0.4, -0.2) is 47.3 Å². The lowest BCUT2D eigenvalue weighted by Gasteiger charge is -2.29. The highest BCUT2D eigenvalue weighted by molar-refractivity contribution is 9.13. The number of alkyl halides is 6. The van der Waals surface area contributed by atoms with Crippen molar-refractivity contribution in [2.24, 2.45) is 0 Å². The van der Waals surface area contributed by atoms with E-state index in [1.54, 1.807) is 0 Å². The minimum atomic E-state index is -3.74. The summed E-state index contributed by atoms with van der Waals surface area (Å²) in [5.41, 5.74) is 0. The molecule has 0 spiro atoms. The maximum absolute atomic E-state index is 13.1. The van der Waals surface area contributed by atoms with Crippen LogP contribution in [0.5, 0.6) is 0 Å². The van der Waals surface area contributed by atoms with Gasteiger partial charge in [-0.25, -0.2) is 4.57 Å². The molecule has 0 bridgehead atoms. The van der Waals surface area contributed by atoms with Crippen molar-refractivity contribution in [3.63, 3.8) is 0 Å². The smallest absolute Gasteiger partial charge is 0.286 e. The molecule has 0 aromatic heterocycles. The SMILES string of the molecule is CC(C)(Br)C(Br)COP(=O)(OCC(Br)C(C)(C)Br)OCC(Br)C(C)(C)Br. The molecule has 0 N–H and O–H groups in total. The molecular formula is C15H27Br6O4P. The fourth-order valence-corrected chi connectivity index (χ4v) is 3.80. The highest BCUT2D eigenvalue weighted by atomic mass is 79.9. The zero-order chi connectivity index (χ0) is 21.0. The Morgan fingerprint density at radius 3 is 1.00 bits per heavy atom. The van der Waals surface area contributed by atoms with E-state index in [0.29, 0.717) is 0 Å². The molecule has 0 aromatic carbocycles. The Balaban J connectivity index is 5.04. The van der Waals surface area contributed by atoms with Gasteiger partial charge in [0.15, 0.2) is 0 Å². The van der Waals surface area contributed by atoms with Crippen LogP contribution in [0.25, 0.3) is 0 Å². The van der Waals surface area contributed by atoms with Crippen LogP contribution in [0.15, 0.2) is 0 Å². The molecule has 11 heteroatoms. The van der Waals surface area contributed by atoms with E-state index in [9.17, 15) is 4.57 Å². The van der Waals surface area contributed by atoms with E-state index in [0.717, 1.165) is 0 Å². The summed E-state index contributed by atoms with van der Waals surface area (Å²) in [5, 5.41) is 0. The maximum atomic E-state index is 13.1. The van der Waals surface area contributed by atoms with Gasteiger partial charge >= 0.3 is 7.82 Å². The summed E-state index contributed by atoms with van der Waals surface area (Å²) in [6.07, 6.45) is 0. The third kappa shape index (κ3) is 12.0. The molecule has 4 nitrogen and oxygen atoms in total. The van der Waals surface area contributed by atoms with Crippen molar-refractivity contribution in [3.8, 4) is 0 Å². The maximum Gasteiger partial charge on any atom is 0.474 e. The van der Waals surface area contributed by atoms with Crippen molar-refractivity contribution in [1.29, 1.82) is 0 Å². The fourth-order valence-electron chi connectivity index (χ4n) is 1.18. The van der Waals surface area contributed by atoms with Gasteiger partial charge in [-0.1, -0.05) is 95.6 Å². The summed E-state index contributed by atoms with van der Waals surface area (Å²) in [4.78, 5) is -0.221. The molecule has 26 heavy (non-hydrogen) atoms. The van der Waals surface area contributed by atoms with Gasteiger partial charge in [-0.05, 0) is 41.5 Å². The van der Waals surface area contributed by atoms with Crippen LogP contribution in [0.3, 0.4) is 0 Å². The highest BCUT2D eigenvalue weighted by Gasteiger charge is 2.36. The van der Waals surface area contributed by atoms with Crippen molar-refractivity contribution in [2.75, 3.05) is 19.8 Å². The van der Waals surface area contributed by atoms with E-state index in [4.69, 9.17) is 13.6 Å². The lowest BCUT2D eigenvalue weighted by Crippen LogP contribution is -2.31. The zero-order valence-electron chi connectivity index (χ0n) is 15.7. The lowest BCUT2D eigenvalue weighted by atomic mass is 10.1. The van der Waals surface area contributed by atoms with E-state index < -0.39 is 7.82 Å². The van der Waals surface area contributed by atoms with Crippen LogP contribution in [-0.2, 0) is 18.1 Å². The van der Waals surface area contributed by atoms with Crippen molar-refractivity contribution < 1.29 is 18.1 Å². The first-order valence-corrected chi connectivity index (χ1v) is 14.5. The van der Waals surface area contributed by atoms with Gasteiger partial charge in [0.25, 0.3) is 0 Å². The largest absolute Gasteiger partial charge is 0.474 e. The van der Waals surface area contributed by atoms with E-state index in [1.807, 2.05) is 41.5 Å². The summed E-state index contributed by atoms with van der Waals surface area (Å²) in [7, 11) is -3.74. The monoisotopic (exact) mass is 776 g/mol. The number of halogens is 6. The van der Waals surface area contributed by atoms with Gasteiger partial charge in [-0.15, -0.1) is 0 Å². The van der Waals surface area contributed by atoms with E-state index in [2.05, 4.69) is 95.6 Å². The molecule has 0 saturated carbocycles.